The van der Waals surface area contributed by atoms with Crippen LogP contribution in [0.3, 0.4) is 0 Å². The number of nitrogens with zero attached hydrogens (tertiary/aromatic N) is 1. The van der Waals surface area contributed by atoms with E-state index < -0.39 is 0 Å². The highest BCUT2D eigenvalue weighted by Gasteiger charge is 2.06. The van der Waals surface area contributed by atoms with E-state index in [4.69, 9.17) is 31.5 Å². The van der Waals surface area contributed by atoms with Crippen LogP contribution in [0.2, 0.25) is 0 Å². The molecule has 8 radical (unpaired) electrons. The second kappa shape index (κ2) is 3.77. The van der Waals surface area contributed by atoms with Crippen molar-refractivity contribution in [2.45, 2.75) is 0 Å². The Hall–Kier alpha value is -1.05. The molecule has 0 aliphatic rings. The highest BCUT2D eigenvalue weighted by atomic mass is 16.3. The van der Waals surface area contributed by atoms with E-state index in [0.29, 0.717) is 0 Å². The van der Waals surface area contributed by atoms with Crippen LogP contribution in [0.25, 0.3) is 0 Å². The number of rotatable bonds is 1. The van der Waals surface area contributed by atoms with Gasteiger partial charge in [-0.05, 0) is 0 Å². The van der Waals surface area contributed by atoms with Gasteiger partial charge < -0.3 is 10.0 Å². The van der Waals surface area contributed by atoms with Crippen LogP contribution in [0, 0.1) is 0 Å². The Kier molecular flexibility index (Phi) is 2.91. The third-order valence-corrected chi connectivity index (χ3v) is 1.64. The summed E-state index contributed by atoms with van der Waals surface area (Å²) < 4.78 is 0. The highest BCUT2D eigenvalue weighted by Crippen LogP contribution is 2.05. The van der Waals surface area contributed by atoms with Crippen molar-refractivity contribution in [1.29, 1.82) is 0 Å². The molecule has 0 aliphatic carbocycles. The Morgan fingerprint density at radius 3 is 2.38 bits per heavy atom. The summed E-state index contributed by atoms with van der Waals surface area (Å²) in [6, 6.07) is 1.37. The van der Waals surface area contributed by atoms with E-state index in [9.17, 15) is 5.11 Å². The molecule has 1 aromatic rings. The van der Waals surface area contributed by atoms with Gasteiger partial charge in [-0.1, -0.05) is 17.0 Å². The number of phenols is 1. The van der Waals surface area contributed by atoms with E-state index in [1.807, 2.05) is 0 Å². The van der Waals surface area contributed by atoms with Gasteiger partial charge in [0.25, 0.3) is 7.98 Å². The Bertz CT molecular complexity index is 338. The van der Waals surface area contributed by atoms with E-state index in [1.54, 1.807) is 0 Å². The lowest BCUT2D eigenvalue weighted by Gasteiger charge is -2.11. The van der Waals surface area contributed by atoms with Crippen molar-refractivity contribution >= 4 is 54.1 Å². The molecule has 0 atom stereocenters. The van der Waals surface area contributed by atoms with Gasteiger partial charge in [-0.25, -0.2) is 0 Å². The Balaban J connectivity index is 3.46. The van der Waals surface area contributed by atoms with Gasteiger partial charge in [-0.15, -0.1) is 5.46 Å². The maximum Gasteiger partial charge on any atom is 0.259 e. The van der Waals surface area contributed by atoms with Gasteiger partial charge in [-0.2, -0.15) is 0 Å². The van der Waals surface area contributed by atoms with Crippen LogP contribution in [0.15, 0.2) is 11.0 Å². The predicted octanol–water partition coefficient (Wildman–Crippen LogP) is -2.72. The Morgan fingerprint density at radius 2 is 1.85 bits per heavy atom. The standard InChI is InChI=1S/C7H3B4NO/c8-4-1-5(9)7(13)3(2-12-11)6(4)10/h1-2,13H. The first-order valence-corrected chi connectivity index (χ1v) is 3.47. The van der Waals surface area contributed by atoms with Crippen molar-refractivity contribution in [2.75, 3.05) is 0 Å². The van der Waals surface area contributed by atoms with Crippen LogP contribution in [-0.4, -0.2) is 42.8 Å². The molecule has 0 fully saturated rings. The van der Waals surface area contributed by atoms with Crippen molar-refractivity contribution < 1.29 is 5.11 Å². The Morgan fingerprint density at radius 1 is 1.23 bits per heavy atom. The summed E-state index contributed by atoms with van der Waals surface area (Å²) in [6.45, 7) is 0. The fourth-order valence-electron chi connectivity index (χ4n) is 0.957. The van der Waals surface area contributed by atoms with Gasteiger partial charge in [0, 0.05) is 11.8 Å². The molecule has 54 valence electrons. The van der Waals surface area contributed by atoms with Crippen LogP contribution in [-0.2, 0) is 0 Å². The summed E-state index contributed by atoms with van der Waals surface area (Å²) >= 11 is 0. The van der Waals surface area contributed by atoms with E-state index in [-0.39, 0.29) is 27.7 Å². The largest absolute Gasteiger partial charge is 0.508 e. The zero-order valence-corrected chi connectivity index (χ0v) is 6.86. The summed E-state index contributed by atoms with van der Waals surface area (Å²) in [5.74, 6) is -0.166. The summed E-state index contributed by atoms with van der Waals surface area (Å²) in [7, 11) is 21.4. The van der Waals surface area contributed by atoms with Crippen molar-refractivity contribution in [2.24, 2.45) is 4.90 Å². The molecule has 0 saturated carbocycles. The van der Waals surface area contributed by atoms with Crippen molar-refractivity contribution in [3.8, 4) is 5.75 Å². The number of benzene rings is 1. The minimum Gasteiger partial charge on any atom is -0.508 e. The summed E-state index contributed by atoms with van der Waals surface area (Å²) in [6.07, 6.45) is 1.19. The number of hydrogen-bond donors (Lipinski definition) is 1. The molecule has 0 aromatic heterocycles. The van der Waals surface area contributed by atoms with Gasteiger partial charge in [0.05, 0.1) is 0 Å². The molecule has 0 unspecified atom stereocenters. The zero-order valence-electron chi connectivity index (χ0n) is 6.86. The molecule has 0 bridgehead atoms. The van der Waals surface area contributed by atoms with Gasteiger partial charge in [0.2, 0.25) is 0 Å². The van der Waals surface area contributed by atoms with Crippen LogP contribution in [0.5, 0.6) is 5.75 Å². The van der Waals surface area contributed by atoms with Gasteiger partial charge in [0.1, 0.15) is 29.3 Å². The normalized spacial score (nSPS) is 10.8. The molecular weight excluding hydrogens is 157 g/mol. The summed E-state index contributed by atoms with van der Waals surface area (Å²) in [5.41, 5.74) is 0.868. The molecule has 13 heavy (non-hydrogen) atoms. The van der Waals surface area contributed by atoms with Crippen molar-refractivity contribution in [1.82, 2.24) is 0 Å². The van der Waals surface area contributed by atoms with Crippen molar-refractivity contribution in [3.05, 3.63) is 11.6 Å². The van der Waals surface area contributed by atoms with Crippen LogP contribution >= 0.6 is 0 Å². The third kappa shape index (κ3) is 1.82. The minimum atomic E-state index is -0.166. The van der Waals surface area contributed by atoms with Crippen LogP contribution in [0.4, 0.5) is 0 Å². The number of phenolic OH excluding ortho intramolecular Hbond substituents is 1. The average molecular weight is 160 g/mol. The van der Waals surface area contributed by atoms with E-state index in [0.717, 1.165) is 0 Å². The van der Waals surface area contributed by atoms with Gasteiger partial charge >= 0.3 is 0 Å². The highest BCUT2D eigenvalue weighted by molar-refractivity contribution is 6.52. The lowest BCUT2D eigenvalue weighted by molar-refractivity contribution is 0.479. The van der Waals surface area contributed by atoms with Gasteiger partial charge in [-0.3, -0.25) is 0 Å². The molecule has 2 nitrogen and oxygen atoms in total. The summed E-state index contributed by atoms with van der Waals surface area (Å²) in [4.78, 5) is 3.23. The molecule has 1 N–H and O–H groups in total. The van der Waals surface area contributed by atoms with Crippen LogP contribution in [0.1, 0.15) is 5.56 Å². The number of aromatic hydroxyl groups is 1. The topological polar surface area (TPSA) is 32.6 Å². The zero-order chi connectivity index (χ0) is 10.0. The molecule has 0 amide bonds. The maximum atomic E-state index is 9.43. The molecule has 1 aromatic carbocycles. The Labute approximate surface area is 82.1 Å². The molecular formula is C7H3B4NO. The lowest BCUT2D eigenvalue weighted by Crippen LogP contribution is -2.33. The molecule has 0 heterocycles. The monoisotopic (exact) mass is 161 g/mol. The average Bonchev–Trinajstić information content (AvgIpc) is 2.09. The predicted molar refractivity (Wildman–Crippen MR) is 57.6 cm³/mol. The second-order valence-corrected chi connectivity index (χ2v) is 2.51. The smallest absolute Gasteiger partial charge is 0.259 e. The lowest BCUT2D eigenvalue weighted by atomic mass is 9.74. The van der Waals surface area contributed by atoms with Gasteiger partial charge in [0.15, 0.2) is 0 Å². The SMILES string of the molecule is [B]N=Cc1c([B])c([B])cc([B])c1O. The van der Waals surface area contributed by atoms with E-state index in [1.165, 1.54) is 12.3 Å². The molecule has 1 rings (SSSR count). The van der Waals surface area contributed by atoms with E-state index >= 15 is 0 Å². The number of hydrogen-bond acceptors (Lipinski definition) is 2. The molecule has 0 spiro atoms. The summed E-state index contributed by atoms with van der Waals surface area (Å²) in [5, 5.41) is 9.43. The third-order valence-electron chi connectivity index (χ3n) is 1.64. The fourth-order valence-corrected chi connectivity index (χ4v) is 0.957. The first kappa shape index (κ1) is 10.0. The minimum absolute atomic E-state index is 0.140. The first-order valence-electron chi connectivity index (χ1n) is 3.47. The second-order valence-electron chi connectivity index (χ2n) is 2.51. The molecule has 0 aliphatic heterocycles. The first-order chi connectivity index (χ1) is 6.07. The van der Waals surface area contributed by atoms with E-state index in [2.05, 4.69) is 4.90 Å². The fraction of sp³-hybridized carbons (Fsp3) is 0. The quantitative estimate of drug-likeness (QED) is 0.351. The maximum absolute atomic E-state index is 9.43. The molecule has 0 saturated heterocycles. The molecule has 6 heteroatoms. The van der Waals surface area contributed by atoms with Crippen molar-refractivity contribution in [3.63, 3.8) is 0 Å². The van der Waals surface area contributed by atoms with Crippen LogP contribution < -0.4 is 16.4 Å².